The zero-order chi connectivity index (χ0) is 23.4. The number of carboxylic acid groups (broad SMARTS) is 1. The highest BCUT2D eigenvalue weighted by atomic mass is 16.5. The Kier molecular flexibility index (Phi) is 6.76. The van der Waals surface area contributed by atoms with Crippen LogP contribution in [0.25, 0.3) is 21.9 Å². The number of rotatable bonds is 8. The van der Waals surface area contributed by atoms with Crippen molar-refractivity contribution in [2.75, 3.05) is 13.7 Å². The predicted molar refractivity (Wildman–Crippen MR) is 134 cm³/mol. The summed E-state index contributed by atoms with van der Waals surface area (Å²) < 4.78 is 5.31. The molecule has 0 radical (unpaired) electrons. The van der Waals surface area contributed by atoms with Crippen molar-refractivity contribution < 1.29 is 14.6 Å². The Balaban J connectivity index is 1.61. The first-order chi connectivity index (χ1) is 16.0. The summed E-state index contributed by atoms with van der Waals surface area (Å²) in [6, 6.07) is 24.8. The van der Waals surface area contributed by atoms with Gasteiger partial charge in [0, 0.05) is 6.54 Å². The van der Waals surface area contributed by atoms with E-state index in [0.29, 0.717) is 5.56 Å². The monoisotopic (exact) mass is 439 g/mol. The van der Waals surface area contributed by atoms with Crippen LogP contribution in [0.3, 0.4) is 0 Å². The van der Waals surface area contributed by atoms with Gasteiger partial charge in [0.15, 0.2) is 0 Å². The van der Waals surface area contributed by atoms with Crippen LogP contribution in [0.15, 0.2) is 72.8 Å². The van der Waals surface area contributed by atoms with Gasteiger partial charge in [-0.2, -0.15) is 0 Å². The second kappa shape index (κ2) is 9.88. The lowest BCUT2D eigenvalue weighted by molar-refractivity contribution is 0.0695. The quantitative estimate of drug-likeness (QED) is 0.323. The molecular weight excluding hydrogens is 410 g/mol. The molecule has 0 saturated heterocycles. The second-order valence-electron chi connectivity index (χ2n) is 8.38. The lowest BCUT2D eigenvalue weighted by atomic mass is 9.89. The zero-order valence-corrected chi connectivity index (χ0v) is 19.3. The van der Waals surface area contributed by atoms with E-state index in [0.717, 1.165) is 58.3 Å². The minimum Gasteiger partial charge on any atom is -0.497 e. The van der Waals surface area contributed by atoms with Gasteiger partial charge in [0.25, 0.3) is 0 Å². The average molecular weight is 440 g/mol. The molecule has 33 heavy (non-hydrogen) atoms. The van der Waals surface area contributed by atoms with Gasteiger partial charge in [-0.1, -0.05) is 48.5 Å². The summed E-state index contributed by atoms with van der Waals surface area (Å²) in [5.41, 5.74) is 6.41. The molecule has 0 unspecified atom stereocenters. The van der Waals surface area contributed by atoms with Crippen molar-refractivity contribution in [2.45, 2.75) is 26.8 Å². The van der Waals surface area contributed by atoms with Crippen molar-refractivity contribution in [3.05, 3.63) is 101 Å². The number of fused-ring (bicyclic) bond motifs is 1. The van der Waals surface area contributed by atoms with E-state index in [9.17, 15) is 9.90 Å². The third kappa shape index (κ3) is 4.91. The van der Waals surface area contributed by atoms with Crippen LogP contribution in [0.4, 0.5) is 0 Å². The average Bonchev–Trinajstić information content (AvgIpc) is 2.81. The highest BCUT2D eigenvalue weighted by Crippen LogP contribution is 2.34. The van der Waals surface area contributed by atoms with E-state index in [1.165, 1.54) is 11.1 Å². The maximum absolute atomic E-state index is 11.9. The Hall–Kier alpha value is -3.63. The number of benzene rings is 4. The zero-order valence-electron chi connectivity index (χ0n) is 19.3. The number of hydrogen-bond acceptors (Lipinski definition) is 3. The van der Waals surface area contributed by atoms with Crippen LogP contribution in [0.5, 0.6) is 5.75 Å². The molecule has 0 heterocycles. The van der Waals surface area contributed by atoms with Crippen LogP contribution in [0.2, 0.25) is 0 Å². The number of hydrogen-bond donors (Lipinski definition) is 2. The van der Waals surface area contributed by atoms with Gasteiger partial charge in [0.1, 0.15) is 5.75 Å². The molecule has 0 aliphatic carbocycles. The molecular formula is C29H29NO3. The Labute approximate surface area is 194 Å². The van der Waals surface area contributed by atoms with E-state index in [1.807, 2.05) is 50.2 Å². The highest BCUT2D eigenvalue weighted by molar-refractivity contribution is 6.00. The molecule has 0 aliphatic heterocycles. The number of methoxy groups -OCH3 is 1. The molecule has 0 amide bonds. The van der Waals surface area contributed by atoms with Gasteiger partial charge in [0.2, 0.25) is 0 Å². The fourth-order valence-corrected chi connectivity index (χ4v) is 4.46. The minimum absolute atomic E-state index is 0.387. The predicted octanol–water partition coefficient (Wildman–Crippen LogP) is 6.16. The molecule has 4 heteroatoms. The lowest BCUT2D eigenvalue weighted by Gasteiger charge is -2.16. The molecule has 4 rings (SSSR count). The van der Waals surface area contributed by atoms with E-state index in [1.54, 1.807) is 7.11 Å². The van der Waals surface area contributed by atoms with Gasteiger partial charge in [-0.3, -0.25) is 0 Å². The summed E-state index contributed by atoms with van der Waals surface area (Å²) in [5.74, 6) is -0.00705. The van der Waals surface area contributed by atoms with Crippen LogP contribution in [0.1, 0.15) is 32.6 Å². The summed E-state index contributed by atoms with van der Waals surface area (Å²) in [6.07, 6.45) is 0.913. The summed E-state index contributed by atoms with van der Waals surface area (Å²) in [6.45, 7) is 5.33. The summed E-state index contributed by atoms with van der Waals surface area (Å²) in [7, 11) is 1.68. The van der Waals surface area contributed by atoms with Crippen LogP contribution < -0.4 is 10.1 Å². The van der Waals surface area contributed by atoms with Gasteiger partial charge in [-0.05, 0) is 95.2 Å². The summed E-state index contributed by atoms with van der Waals surface area (Å²) in [5, 5.41) is 15.6. The third-order valence-corrected chi connectivity index (χ3v) is 6.15. The molecule has 0 atom stereocenters. The SMILES string of the molecule is COc1cccc(CCNCc2cc(-c3ccc(C)c(C(=O)O)c3C)c3ccccc3c2)c1. The molecule has 168 valence electrons. The molecule has 0 aromatic heterocycles. The van der Waals surface area contributed by atoms with Crippen LogP contribution in [0, 0.1) is 13.8 Å². The fraction of sp³-hybridized carbons (Fsp3) is 0.207. The van der Waals surface area contributed by atoms with Gasteiger partial charge in [-0.15, -0.1) is 0 Å². The maximum Gasteiger partial charge on any atom is 0.336 e. The largest absolute Gasteiger partial charge is 0.497 e. The van der Waals surface area contributed by atoms with Crippen LogP contribution in [-0.4, -0.2) is 24.7 Å². The standard InChI is InChI=1S/C29H29NO3/c1-19-11-12-25(20(2)28(19)29(31)32)27-17-22(15-23-8-4-5-10-26(23)27)18-30-14-13-21-7-6-9-24(16-21)33-3/h4-12,15-17,30H,13-14,18H2,1-3H3,(H,31,32). The molecule has 0 fully saturated rings. The van der Waals surface area contributed by atoms with E-state index in [-0.39, 0.29) is 0 Å². The third-order valence-electron chi connectivity index (χ3n) is 6.15. The lowest BCUT2D eigenvalue weighted by Crippen LogP contribution is -2.16. The van der Waals surface area contributed by atoms with Gasteiger partial charge >= 0.3 is 5.97 Å². The molecule has 4 nitrogen and oxygen atoms in total. The van der Waals surface area contributed by atoms with Gasteiger partial charge < -0.3 is 15.2 Å². The van der Waals surface area contributed by atoms with Crippen molar-refractivity contribution in [1.82, 2.24) is 5.32 Å². The Bertz CT molecular complexity index is 1310. The normalized spacial score (nSPS) is 11.0. The second-order valence-corrected chi connectivity index (χ2v) is 8.38. The summed E-state index contributed by atoms with van der Waals surface area (Å²) >= 11 is 0. The number of carboxylic acids is 1. The van der Waals surface area contributed by atoms with Crippen molar-refractivity contribution in [1.29, 1.82) is 0 Å². The Morgan fingerprint density at radius 3 is 2.52 bits per heavy atom. The van der Waals surface area contributed by atoms with Crippen molar-refractivity contribution in [2.24, 2.45) is 0 Å². The van der Waals surface area contributed by atoms with E-state index in [4.69, 9.17) is 4.74 Å². The first-order valence-electron chi connectivity index (χ1n) is 11.2. The molecule has 0 spiro atoms. The molecule has 0 aliphatic rings. The smallest absolute Gasteiger partial charge is 0.336 e. The van der Waals surface area contributed by atoms with Gasteiger partial charge in [0.05, 0.1) is 12.7 Å². The Morgan fingerprint density at radius 1 is 0.909 bits per heavy atom. The number of carbonyl (C=O) groups is 1. The molecule has 4 aromatic carbocycles. The van der Waals surface area contributed by atoms with Crippen molar-refractivity contribution >= 4 is 16.7 Å². The maximum atomic E-state index is 11.9. The number of ether oxygens (including phenoxy) is 1. The highest BCUT2D eigenvalue weighted by Gasteiger charge is 2.16. The van der Waals surface area contributed by atoms with Crippen LogP contribution >= 0.6 is 0 Å². The van der Waals surface area contributed by atoms with Crippen molar-refractivity contribution in [3.8, 4) is 16.9 Å². The van der Waals surface area contributed by atoms with Crippen molar-refractivity contribution in [3.63, 3.8) is 0 Å². The topological polar surface area (TPSA) is 58.6 Å². The number of aryl methyl sites for hydroxylation is 1. The van der Waals surface area contributed by atoms with E-state index < -0.39 is 5.97 Å². The number of nitrogens with one attached hydrogen (secondary N) is 1. The van der Waals surface area contributed by atoms with Gasteiger partial charge in [-0.25, -0.2) is 4.79 Å². The molecule has 4 aromatic rings. The minimum atomic E-state index is -0.883. The first-order valence-corrected chi connectivity index (χ1v) is 11.2. The fourth-order valence-electron chi connectivity index (χ4n) is 4.46. The molecule has 0 saturated carbocycles. The van der Waals surface area contributed by atoms with E-state index >= 15 is 0 Å². The molecule has 0 bridgehead atoms. The summed E-state index contributed by atoms with van der Waals surface area (Å²) in [4.78, 5) is 11.9. The van der Waals surface area contributed by atoms with Crippen LogP contribution in [-0.2, 0) is 13.0 Å². The number of aromatic carboxylic acids is 1. The molecule has 2 N–H and O–H groups in total. The van der Waals surface area contributed by atoms with E-state index in [2.05, 4.69) is 41.7 Å². The first kappa shape index (κ1) is 22.6. The Morgan fingerprint density at radius 2 is 1.73 bits per heavy atom.